The van der Waals surface area contributed by atoms with Gasteiger partial charge in [0, 0.05) is 29.6 Å². The minimum Gasteiger partial charge on any atom is -0.311 e. The largest absolute Gasteiger partial charge is 0.311 e. The van der Waals surface area contributed by atoms with Crippen LogP contribution in [0.15, 0.2) is 47.4 Å². The lowest BCUT2D eigenvalue weighted by Crippen LogP contribution is -2.36. The number of nitrogens with zero attached hydrogens (tertiary/aromatic N) is 1. The Morgan fingerprint density at radius 3 is 2.63 bits per heavy atom. The van der Waals surface area contributed by atoms with Gasteiger partial charge in [0.2, 0.25) is 15.9 Å². The van der Waals surface area contributed by atoms with Gasteiger partial charge in [-0.05, 0) is 54.2 Å². The van der Waals surface area contributed by atoms with Gasteiger partial charge in [0.1, 0.15) is 0 Å². The van der Waals surface area contributed by atoms with Crippen LogP contribution in [0.25, 0.3) is 0 Å². The Balaban J connectivity index is 1.67. The second kappa shape index (κ2) is 7.50. The molecule has 30 heavy (non-hydrogen) atoms. The molecule has 4 rings (SSSR count). The fourth-order valence-corrected chi connectivity index (χ4v) is 5.94. The highest BCUT2D eigenvalue weighted by Gasteiger charge is 2.39. The third-order valence-electron chi connectivity index (χ3n) is 6.28. The minimum atomic E-state index is -3.68. The van der Waals surface area contributed by atoms with Crippen LogP contribution in [0.2, 0.25) is 0 Å². The number of fused-ring (bicyclic) bond motifs is 2. The Kier molecular flexibility index (Phi) is 5.27. The molecular formula is C24H30N2O3S. The average molecular weight is 427 g/mol. The maximum atomic E-state index is 13.3. The van der Waals surface area contributed by atoms with E-state index in [-0.39, 0.29) is 28.2 Å². The first-order valence-electron chi connectivity index (χ1n) is 10.7. The van der Waals surface area contributed by atoms with Crippen LogP contribution < -0.4 is 9.62 Å². The van der Waals surface area contributed by atoms with Crippen LogP contribution in [0.4, 0.5) is 5.69 Å². The van der Waals surface area contributed by atoms with Gasteiger partial charge in [-0.3, -0.25) is 4.79 Å². The standard InChI is InChI=1S/C24H30N2O3S/c1-16(2)23(27)26-15-24(3,4)20-14-18(12-13-22(20)26)30(28,29)25-21-11-7-9-17-8-5-6-10-19(17)21/h5-6,8,10,12-14,16,21,25H,7,9,11,15H2,1-4H3/t21-/m1/s1. The zero-order valence-corrected chi connectivity index (χ0v) is 18.9. The fraction of sp³-hybridized carbons (Fsp3) is 0.458. The van der Waals surface area contributed by atoms with Crippen LogP contribution >= 0.6 is 0 Å². The Morgan fingerprint density at radius 2 is 1.90 bits per heavy atom. The molecule has 1 heterocycles. The maximum Gasteiger partial charge on any atom is 0.241 e. The number of rotatable bonds is 4. The first-order valence-corrected chi connectivity index (χ1v) is 12.1. The normalized spacial score (nSPS) is 20.2. The van der Waals surface area contributed by atoms with Crippen molar-refractivity contribution in [3.63, 3.8) is 0 Å². The van der Waals surface area contributed by atoms with Gasteiger partial charge in [-0.1, -0.05) is 52.0 Å². The second-order valence-corrected chi connectivity index (χ2v) is 11.1. The smallest absolute Gasteiger partial charge is 0.241 e. The summed E-state index contributed by atoms with van der Waals surface area (Å²) in [6, 6.07) is 13.0. The van der Waals surface area contributed by atoms with Gasteiger partial charge >= 0.3 is 0 Å². The van der Waals surface area contributed by atoms with Crippen LogP contribution in [0.3, 0.4) is 0 Å². The average Bonchev–Trinajstić information content (AvgIpc) is 2.98. The van der Waals surface area contributed by atoms with Gasteiger partial charge in [-0.15, -0.1) is 0 Å². The number of hydrogen-bond acceptors (Lipinski definition) is 3. The fourth-order valence-electron chi connectivity index (χ4n) is 4.67. The molecule has 0 unspecified atom stereocenters. The summed E-state index contributed by atoms with van der Waals surface area (Å²) in [5.41, 5.74) is 3.71. The third-order valence-corrected chi connectivity index (χ3v) is 7.75. The van der Waals surface area contributed by atoms with Crippen LogP contribution in [-0.4, -0.2) is 20.9 Å². The Hall–Kier alpha value is -2.18. The summed E-state index contributed by atoms with van der Waals surface area (Å²) in [5, 5.41) is 0. The summed E-state index contributed by atoms with van der Waals surface area (Å²) in [4.78, 5) is 14.7. The number of carbonyl (C=O) groups is 1. The summed E-state index contributed by atoms with van der Waals surface area (Å²) in [5.74, 6) is -0.0439. The molecular weight excluding hydrogens is 396 g/mol. The van der Waals surface area contributed by atoms with Crippen molar-refractivity contribution in [3.05, 3.63) is 59.2 Å². The second-order valence-electron chi connectivity index (χ2n) is 9.41. The van der Waals surface area contributed by atoms with Gasteiger partial charge in [0.05, 0.1) is 4.90 Å². The van der Waals surface area contributed by atoms with E-state index in [9.17, 15) is 13.2 Å². The van der Waals surface area contributed by atoms with Crippen LogP contribution in [0, 0.1) is 5.92 Å². The van der Waals surface area contributed by atoms with E-state index in [2.05, 4.69) is 24.6 Å². The predicted octanol–water partition coefficient (Wildman–Crippen LogP) is 4.32. The van der Waals surface area contributed by atoms with Crippen LogP contribution in [0.1, 0.15) is 63.3 Å². The van der Waals surface area contributed by atoms with Gasteiger partial charge in [0.25, 0.3) is 0 Å². The summed E-state index contributed by atoms with van der Waals surface area (Å²) < 4.78 is 29.4. The molecule has 1 atom stereocenters. The van der Waals surface area contributed by atoms with Crippen LogP contribution in [-0.2, 0) is 26.7 Å². The molecule has 1 N–H and O–H groups in total. The van der Waals surface area contributed by atoms with E-state index in [0.29, 0.717) is 6.54 Å². The van der Waals surface area contributed by atoms with Crippen LogP contribution in [0.5, 0.6) is 0 Å². The number of anilines is 1. The summed E-state index contributed by atoms with van der Waals surface area (Å²) in [6.45, 7) is 8.45. The molecule has 0 saturated carbocycles. The summed E-state index contributed by atoms with van der Waals surface area (Å²) in [6.07, 6.45) is 2.75. The van der Waals surface area contributed by atoms with E-state index in [1.54, 1.807) is 23.1 Å². The minimum absolute atomic E-state index is 0.0642. The number of benzene rings is 2. The number of sulfonamides is 1. The van der Waals surface area contributed by atoms with Crippen molar-refractivity contribution in [2.24, 2.45) is 5.92 Å². The topological polar surface area (TPSA) is 66.5 Å². The van der Waals surface area contributed by atoms with Crippen molar-refractivity contribution >= 4 is 21.6 Å². The van der Waals surface area contributed by atoms with Gasteiger partial charge in [-0.2, -0.15) is 0 Å². The molecule has 160 valence electrons. The highest BCUT2D eigenvalue weighted by atomic mass is 32.2. The van der Waals surface area contributed by atoms with E-state index in [1.807, 2.05) is 32.0 Å². The molecule has 0 fully saturated rings. The first-order chi connectivity index (χ1) is 14.1. The first kappa shape index (κ1) is 21.1. The molecule has 6 heteroatoms. The maximum absolute atomic E-state index is 13.3. The predicted molar refractivity (Wildman–Crippen MR) is 119 cm³/mol. The molecule has 0 bridgehead atoms. The van der Waals surface area contributed by atoms with Crippen molar-refractivity contribution in [2.45, 2.75) is 63.3 Å². The molecule has 2 aromatic rings. The van der Waals surface area contributed by atoms with E-state index in [4.69, 9.17) is 0 Å². The van der Waals surface area contributed by atoms with Gasteiger partial charge in [0.15, 0.2) is 0 Å². The number of nitrogens with one attached hydrogen (secondary N) is 1. The summed E-state index contributed by atoms with van der Waals surface area (Å²) >= 11 is 0. The number of aryl methyl sites for hydroxylation is 1. The Bertz CT molecular complexity index is 1090. The number of hydrogen-bond donors (Lipinski definition) is 1. The van der Waals surface area contributed by atoms with Crippen molar-refractivity contribution in [1.29, 1.82) is 0 Å². The lowest BCUT2D eigenvalue weighted by molar-refractivity contribution is -0.121. The Morgan fingerprint density at radius 1 is 1.17 bits per heavy atom. The van der Waals surface area contributed by atoms with E-state index < -0.39 is 10.0 Å². The molecule has 2 aromatic carbocycles. The lowest BCUT2D eigenvalue weighted by Gasteiger charge is -2.26. The molecule has 2 aliphatic rings. The van der Waals surface area contributed by atoms with Gasteiger partial charge in [-0.25, -0.2) is 13.1 Å². The monoisotopic (exact) mass is 426 g/mol. The molecule has 0 radical (unpaired) electrons. The molecule has 1 amide bonds. The number of amides is 1. The summed E-state index contributed by atoms with van der Waals surface area (Å²) in [7, 11) is -3.68. The van der Waals surface area contributed by atoms with Crippen molar-refractivity contribution < 1.29 is 13.2 Å². The molecule has 5 nitrogen and oxygen atoms in total. The van der Waals surface area contributed by atoms with E-state index in [1.165, 1.54) is 5.56 Å². The van der Waals surface area contributed by atoms with E-state index in [0.717, 1.165) is 36.1 Å². The quantitative estimate of drug-likeness (QED) is 0.792. The molecule has 0 aromatic heterocycles. The molecule has 0 spiro atoms. The molecule has 0 saturated heterocycles. The zero-order valence-electron chi connectivity index (χ0n) is 18.1. The highest BCUT2D eigenvalue weighted by Crippen LogP contribution is 2.42. The van der Waals surface area contributed by atoms with E-state index >= 15 is 0 Å². The Labute approximate surface area is 179 Å². The lowest BCUT2D eigenvalue weighted by atomic mass is 9.87. The highest BCUT2D eigenvalue weighted by molar-refractivity contribution is 7.89. The van der Waals surface area contributed by atoms with Crippen molar-refractivity contribution in [2.75, 3.05) is 11.4 Å². The molecule has 1 aliphatic carbocycles. The van der Waals surface area contributed by atoms with Crippen molar-refractivity contribution in [3.8, 4) is 0 Å². The third kappa shape index (κ3) is 3.67. The van der Waals surface area contributed by atoms with Gasteiger partial charge < -0.3 is 4.90 Å². The zero-order chi connectivity index (χ0) is 21.7. The SMILES string of the molecule is CC(C)C(=O)N1CC(C)(C)c2cc(S(=O)(=O)N[C@@H]3CCCc4ccccc43)ccc21. The van der Waals surface area contributed by atoms with Crippen molar-refractivity contribution in [1.82, 2.24) is 4.72 Å². The molecule has 1 aliphatic heterocycles. The number of carbonyl (C=O) groups excluding carboxylic acids is 1.